The van der Waals surface area contributed by atoms with Crippen molar-refractivity contribution < 1.29 is 18.9 Å². The van der Waals surface area contributed by atoms with Crippen LogP contribution < -0.4 is 24.8 Å². The molecule has 0 fully saturated rings. The molecule has 0 aliphatic carbocycles. The number of hydrogen-bond acceptors (Lipinski definition) is 5. The average molecular weight is 543 g/mol. The standard InChI is InChI=1S/C23H33N3O4.HI/c1-17(15-30-16-18-9-7-6-8-10-18)13-25-23(24-2)26-14-19-11-12-20(27-3)22(29-5)21(19)28-4;/h6-12,17H,13-16H2,1-5H3,(H2,24,25,26);1H. The van der Waals surface area contributed by atoms with Gasteiger partial charge in [0.2, 0.25) is 5.75 Å². The Morgan fingerprint density at radius 2 is 1.65 bits per heavy atom. The van der Waals surface area contributed by atoms with Crippen LogP contribution in [0, 0.1) is 5.92 Å². The molecule has 172 valence electrons. The quantitative estimate of drug-likeness (QED) is 0.255. The van der Waals surface area contributed by atoms with E-state index in [1.165, 1.54) is 5.56 Å². The maximum atomic E-state index is 5.81. The second kappa shape index (κ2) is 14.7. The predicted octanol–water partition coefficient (Wildman–Crippen LogP) is 3.85. The Kier molecular flexibility index (Phi) is 12.8. The molecule has 31 heavy (non-hydrogen) atoms. The molecule has 0 spiro atoms. The number of rotatable bonds is 11. The number of ether oxygens (including phenoxy) is 4. The molecule has 0 amide bonds. The summed E-state index contributed by atoms with van der Waals surface area (Å²) in [7, 11) is 6.56. The van der Waals surface area contributed by atoms with Gasteiger partial charge in [-0.25, -0.2) is 0 Å². The zero-order valence-electron chi connectivity index (χ0n) is 18.9. The Labute approximate surface area is 202 Å². The van der Waals surface area contributed by atoms with Crippen LogP contribution in [0.25, 0.3) is 0 Å². The Hall–Kier alpha value is -2.20. The molecule has 0 radical (unpaired) electrons. The van der Waals surface area contributed by atoms with E-state index in [9.17, 15) is 0 Å². The van der Waals surface area contributed by atoms with Gasteiger partial charge in [0.15, 0.2) is 17.5 Å². The van der Waals surface area contributed by atoms with E-state index in [1.807, 2.05) is 30.3 Å². The van der Waals surface area contributed by atoms with Crippen molar-refractivity contribution in [2.24, 2.45) is 10.9 Å². The number of guanidine groups is 1. The van der Waals surface area contributed by atoms with Crippen molar-refractivity contribution in [2.45, 2.75) is 20.1 Å². The maximum absolute atomic E-state index is 5.81. The van der Waals surface area contributed by atoms with Crippen LogP contribution >= 0.6 is 24.0 Å². The Bertz CT molecular complexity index is 803. The van der Waals surface area contributed by atoms with E-state index in [0.29, 0.717) is 48.9 Å². The molecule has 1 atom stereocenters. The van der Waals surface area contributed by atoms with Gasteiger partial charge in [-0.3, -0.25) is 4.99 Å². The van der Waals surface area contributed by atoms with E-state index in [1.54, 1.807) is 28.4 Å². The van der Waals surface area contributed by atoms with Crippen molar-refractivity contribution in [1.29, 1.82) is 0 Å². The van der Waals surface area contributed by atoms with Crippen LogP contribution in [0.5, 0.6) is 17.2 Å². The van der Waals surface area contributed by atoms with E-state index in [2.05, 4.69) is 34.7 Å². The van der Waals surface area contributed by atoms with Gasteiger partial charge < -0.3 is 29.6 Å². The number of methoxy groups -OCH3 is 3. The Morgan fingerprint density at radius 1 is 0.935 bits per heavy atom. The first-order valence-corrected chi connectivity index (χ1v) is 9.96. The topological polar surface area (TPSA) is 73.3 Å². The van der Waals surface area contributed by atoms with Gasteiger partial charge in [-0.2, -0.15) is 0 Å². The molecular formula is C23H34IN3O4. The number of aliphatic imine (C=N–C) groups is 1. The smallest absolute Gasteiger partial charge is 0.203 e. The summed E-state index contributed by atoms with van der Waals surface area (Å²) in [6.07, 6.45) is 0. The molecule has 2 rings (SSSR count). The van der Waals surface area contributed by atoms with E-state index in [-0.39, 0.29) is 24.0 Å². The van der Waals surface area contributed by atoms with Crippen LogP contribution in [-0.4, -0.2) is 47.5 Å². The summed E-state index contributed by atoms with van der Waals surface area (Å²) in [6, 6.07) is 14.0. The number of hydrogen-bond donors (Lipinski definition) is 2. The molecular weight excluding hydrogens is 509 g/mol. The molecule has 0 aromatic heterocycles. The number of nitrogens with one attached hydrogen (secondary N) is 2. The summed E-state index contributed by atoms with van der Waals surface area (Å²) in [4.78, 5) is 4.29. The monoisotopic (exact) mass is 543 g/mol. The van der Waals surface area contributed by atoms with Gasteiger partial charge in [0.05, 0.1) is 34.5 Å². The number of nitrogens with zero attached hydrogens (tertiary/aromatic N) is 1. The van der Waals surface area contributed by atoms with Gasteiger partial charge in [-0.05, 0) is 23.6 Å². The van der Waals surface area contributed by atoms with Gasteiger partial charge in [0, 0.05) is 25.7 Å². The first-order chi connectivity index (χ1) is 14.6. The summed E-state index contributed by atoms with van der Waals surface area (Å²) in [6.45, 7) is 4.71. The first kappa shape index (κ1) is 26.8. The largest absolute Gasteiger partial charge is 0.493 e. The molecule has 2 N–H and O–H groups in total. The Balaban J connectivity index is 0.00000480. The highest BCUT2D eigenvalue weighted by molar-refractivity contribution is 14.0. The molecule has 0 aliphatic rings. The summed E-state index contributed by atoms with van der Waals surface area (Å²) < 4.78 is 22.1. The highest BCUT2D eigenvalue weighted by atomic mass is 127. The van der Waals surface area contributed by atoms with Gasteiger partial charge in [0.1, 0.15) is 0 Å². The molecule has 0 saturated carbocycles. The second-order valence-electron chi connectivity index (χ2n) is 6.91. The fraction of sp³-hybridized carbons (Fsp3) is 0.435. The lowest BCUT2D eigenvalue weighted by atomic mass is 10.1. The van der Waals surface area contributed by atoms with E-state index in [4.69, 9.17) is 18.9 Å². The Morgan fingerprint density at radius 3 is 2.26 bits per heavy atom. The zero-order valence-corrected chi connectivity index (χ0v) is 21.3. The maximum Gasteiger partial charge on any atom is 0.203 e. The molecule has 2 aromatic rings. The lowest BCUT2D eigenvalue weighted by Crippen LogP contribution is -2.39. The predicted molar refractivity (Wildman–Crippen MR) is 135 cm³/mol. The van der Waals surface area contributed by atoms with Crippen molar-refractivity contribution in [3.8, 4) is 17.2 Å². The minimum Gasteiger partial charge on any atom is -0.493 e. The number of halogens is 1. The molecule has 0 heterocycles. The summed E-state index contributed by atoms with van der Waals surface area (Å²) >= 11 is 0. The van der Waals surface area contributed by atoms with Crippen molar-refractivity contribution in [3.63, 3.8) is 0 Å². The molecule has 2 aromatic carbocycles. The molecule has 0 saturated heterocycles. The summed E-state index contributed by atoms with van der Waals surface area (Å²) in [5.41, 5.74) is 2.12. The van der Waals surface area contributed by atoms with Crippen LogP contribution in [0.4, 0.5) is 0 Å². The first-order valence-electron chi connectivity index (χ1n) is 9.96. The third-order valence-electron chi connectivity index (χ3n) is 4.59. The third-order valence-corrected chi connectivity index (χ3v) is 4.59. The second-order valence-corrected chi connectivity index (χ2v) is 6.91. The SMILES string of the molecule is CN=C(NCc1ccc(OC)c(OC)c1OC)NCC(C)COCc1ccccc1.I. The lowest BCUT2D eigenvalue weighted by molar-refractivity contribution is 0.0931. The molecule has 1 unspecified atom stereocenters. The van der Waals surface area contributed by atoms with E-state index in [0.717, 1.165) is 12.1 Å². The van der Waals surface area contributed by atoms with Gasteiger partial charge >= 0.3 is 0 Å². The van der Waals surface area contributed by atoms with Crippen LogP contribution in [0.2, 0.25) is 0 Å². The van der Waals surface area contributed by atoms with Crippen LogP contribution in [-0.2, 0) is 17.9 Å². The summed E-state index contributed by atoms with van der Waals surface area (Å²) in [5.74, 6) is 2.89. The summed E-state index contributed by atoms with van der Waals surface area (Å²) in [5, 5.41) is 6.65. The number of benzene rings is 2. The molecule has 0 bridgehead atoms. The van der Waals surface area contributed by atoms with Gasteiger partial charge in [0.25, 0.3) is 0 Å². The molecule has 8 heteroatoms. The fourth-order valence-electron chi connectivity index (χ4n) is 2.98. The van der Waals surface area contributed by atoms with Crippen LogP contribution in [0.1, 0.15) is 18.1 Å². The minimum atomic E-state index is 0. The van der Waals surface area contributed by atoms with Gasteiger partial charge in [-0.1, -0.05) is 37.3 Å². The zero-order chi connectivity index (χ0) is 21.8. The average Bonchev–Trinajstić information content (AvgIpc) is 2.79. The van der Waals surface area contributed by atoms with Crippen LogP contribution in [0.3, 0.4) is 0 Å². The van der Waals surface area contributed by atoms with Crippen molar-refractivity contribution >= 4 is 29.9 Å². The van der Waals surface area contributed by atoms with Crippen molar-refractivity contribution in [2.75, 3.05) is 41.5 Å². The molecule has 0 aliphatic heterocycles. The highest BCUT2D eigenvalue weighted by Gasteiger charge is 2.16. The normalized spacial score (nSPS) is 11.8. The third kappa shape index (κ3) is 8.45. The van der Waals surface area contributed by atoms with Crippen molar-refractivity contribution in [1.82, 2.24) is 10.6 Å². The fourth-order valence-corrected chi connectivity index (χ4v) is 2.98. The van der Waals surface area contributed by atoms with Gasteiger partial charge in [-0.15, -0.1) is 24.0 Å². The van der Waals surface area contributed by atoms with Crippen LogP contribution in [0.15, 0.2) is 47.5 Å². The van der Waals surface area contributed by atoms with E-state index < -0.39 is 0 Å². The highest BCUT2D eigenvalue weighted by Crippen LogP contribution is 2.39. The molecule has 7 nitrogen and oxygen atoms in total. The van der Waals surface area contributed by atoms with Crippen molar-refractivity contribution in [3.05, 3.63) is 53.6 Å². The minimum absolute atomic E-state index is 0. The lowest BCUT2D eigenvalue weighted by Gasteiger charge is -2.18. The van der Waals surface area contributed by atoms with E-state index >= 15 is 0 Å².